The Kier molecular flexibility index (Phi) is 2.99. The maximum Gasteiger partial charge on any atom is 0.258 e. The maximum absolute atomic E-state index is 11.7. The Hall–Kier alpha value is -1.39. The van der Waals surface area contributed by atoms with Gasteiger partial charge in [-0.15, -0.1) is 0 Å². The fourth-order valence-electron chi connectivity index (χ4n) is 1.08. The van der Waals surface area contributed by atoms with Crippen molar-refractivity contribution < 1.29 is 4.79 Å². The highest BCUT2D eigenvalue weighted by molar-refractivity contribution is 7.08. The number of nitrogens with one attached hydrogen (secondary N) is 1. The van der Waals surface area contributed by atoms with Crippen LogP contribution in [0.3, 0.4) is 0 Å². The maximum atomic E-state index is 11.7. The number of thiophene rings is 1. The van der Waals surface area contributed by atoms with E-state index in [2.05, 4.69) is 10.3 Å². The van der Waals surface area contributed by atoms with Crippen LogP contribution in [0, 0.1) is 0 Å². The number of anilines is 1. The molecule has 0 spiro atoms. The number of pyridine rings is 1. The Bertz CT molecular complexity index is 470. The normalized spacial score (nSPS) is 9.93. The van der Waals surface area contributed by atoms with Gasteiger partial charge in [0.25, 0.3) is 5.91 Å². The van der Waals surface area contributed by atoms with E-state index in [1.54, 1.807) is 12.3 Å². The second kappa shape index (κ2) is 4.42. The van der Waals surface area contributed by atoms with Crippen molar-refractivity contribution in [2.75, 3.05) is 5.32 Å². The molecule has 0 saturated heterocycles. The number of aromatic nitrogens is 1. The molecular weight excluding hydrogens is 232 g/mol. The van der Waals surface area contributed by atoms with Crippen LogP contribution in [0.1, 0.15) is 10.4 Å². The zero-order chi connectivity index (χ0) is 10.7. The van der Waals surface area contributed by atoms with Gasteiger partial charge in [-0.3, -0.25) is 9.78 Å². The van der Waals surface area contributed by atoms with Crippen molar-refractivity contribution in [2.45, 2.75) is 0 Å². The lowest BCUT2D eigenvalue weighted by molar-refractivity contribution is 0.102. The van der Waals surface area contributed by atoms with E-state index < -0.39 is 0 Å². The molecule has 0 atom stereocenters. The minimum absolute atomic E-state index is 0.244. The molecule has 0 aliphatic rings. The van der Waals surface area contributed by atoms with E-state index >= 15 is 0 Å². The van der Waals surface area contributed by atoms with Gasteiger partial charge in [0, 0.05) is 17.8 Å². The molecule has 0 fully saturated rings. The van der Waals surface area contributed by atoms with Gasteiger partial charge < -0.3 is 5.32 Å². The van der Waals surface area contributed by atoms with Crippen LogP contribution in [0.15, 0.2) is 35.3 Å². The van der Waals surface area contributed by atoms with E-state index in [9.17, 15) is 4.79 Å². The van der Waals surface area contributed by atoms with Gasteiger partial charge in [-0.25, -0.2) is 0 Å². The van der Waals surface area contributed by atoms with Crippen LogP contribution in [-0.2, 0) is 0 Å². The van der Waals surface area contributed by atoms with Gasteiger partial charge in [0.15, 0.2) is 0 Å². The molecule has 0 aromatic carbocycles. The highest BCUT2D eigenvalue weighted by atomic mass is 35.5. The summed E-state index contributed by atoms with van der Waals surface area (Å²) in [5.41, 5.74) is 1.15. The third kappa shape index (κ3) is 2.34. The summed E-state index contributed by atoms with van der Waals surface area (Å²) in [7, 11) is 0. The Morgan fingerprint density at radius 3 is 3.00 bits per heavy atom. The second-order valence-electron chi connectivity index (χ2n) is 2.82. The highest BCUT2D eigenvalue weighted by Gasteiger charge is 2.10. The van der Waals surface area contributed by atoms with Gasteiger partial charge in [0.05, 0.1) is 16.3 Å². The first-order valence-corrected chi connectivity index (χ1v) is 5.52. The number of amides is 1. The Morgan fingerprint density at radius 2 is 2.33 bits per heavy atom. The number of hydrogen-bond donors (Lipinski definition) is 1. The van der Waals surface area contributed by atoms with Crippen molar-refractivity contribution in [3.05, 3.63) is 45.9 Å². The summed E-state index contributed by atoms with van der Waals surface area (Å²) in [5.74, 6) is -0.244. The third-order valence-electron chi connectivity index (χ3n) is 1.79. The SMILES string of the molecule is O=C(Nc1ccsc1)c1cnccc1Cl. The number of halogens is 1. The molecule has 5 heteroatoms. The van der Waals surface area contributed by atoms with Gasteiger partial charge in [-0.05, 0) is 17.5 Å². The van der Waals surface area contributed by atoms with Crippen molar-refractivity contribution in [2.24, 2.45) is 0 Å². The summed E-state index contributed by atoms with van der Waals surface area (Å²) >= 11 is 7.38. The first-order chi connectivity index (χ1) is 7.27. The summed E-state index contributed by atoms with van der Waals surface area (Å²) in [6, 6.07) is 3.41. The molecule has 0 saturated carbocycles. The smallest absolute Gasteiger partial charge is 0.258 e. The topological polar surface area (TPSA) is 42.0 Å². The first-order valence-electron chi connectivity index (χ1n) is 4.20. The minimum atomic E-state index is -0.244. The molecule has 0 unspecified atom stereocenters. The highest BCUT2D eigenvalue weighted by Crippen LogP contribution is 2.17. The second-order valence-corrected chi connectivity index (χ2v) is 4.01. The van der Waals surface area contributed by atoms with E-state index in [0.29, 0.717) is 10.6 Å². The Balaban J connectivity index is 2.19. The molecule has 76 valence electrons. The summed E-state index contributed by atoms with van der Waals surface area (Å²) in [4.78, 5) is 15.6. The van der Waals surface area contributed by atoms with E-state index in [-0.39, 0.29) is 5.91 Å². The van der Waals surface area contributed by atoms with E-state index in [1.807, 2.05) is 16.8 Å². The summed E-state index contributed by atoms with van der Waals surface area (Å²) in [5, 5.41) is 6.87. The number of hydrogen-bond acceptors (Lipinski definition) is 3. The van der Waals surface area contributed by atoms with Gasteiger partial charge in [0.2, 0.25) is 0 Å². The predicted molar refractivity (Wildman–Crippen MR) is 61.5 cm³/mol. The number of nitrogens with zero attached hydrogens (tertiary/aromatic N) is 1. The molecule has 2 aromatic heterocycles. The molecule has 2 rings (SSSR count). The minimum Gasteiger partial charge on any atom is -0.321 e. The fraction of sp³-hybridized carbons (Fsp3) is 0. The largest absolute Gasteiger partial charge is 0.321 e. The quantitative estimate of drug-likeness (QED) is 0.874. The summed E-state index contributed by atoms with van der Waals surface area (Å²) in [6.07, 6.45) is 2.99. The van der Waals surface area contributed by atoms with Crippen LogP contribution >= 0.6 is 22.9 Å². The molecule has 1 N–H and O–H groups in total. The predicted octanol–water partition coefficient (Wildman–Crippen LogP) is 3.05. The van der Waals surface area contributed by atoms with Gasteiger partial charge >= 0.3 is 0 Å². The molecule has 2 heterocycles. The van der Waals surface area contributed by atoms with Crippen LogP contribution in [0.25, 0.3) is 0 Å². The van der Waals surface area contributed by atoms with E-state index in [4.69, 9.17) is 11.6 Å². The van der Waals surface area contributed by atoms with Crippen LogP contribution in [0.4, 0.5) is 5.69 Å². The molecule has 2 aromatic rings. The van der Waals surface area contributed by atoms with Crippen LogP contribution in [-0.4, -0.2) is 10.9 Å². The number of carbonyl (C=O) groups is 1. The van der Waals surface area contributed by atoms with Crippen molar-refractivity contribution in [1.29, 1.82) is 0 Å². The number of carbonyl (C=O) groups excluding carboxylic acids is 1. The molecule has 0 bridgehead atoms. The monoisotopic (exact) mass is 238 g/mol. The molecule has 0 aliphatic carbocycles. The zero-order valence-corrected chi connectivity index (χ0v) is 9.18. The average Bonchev–Trinajstić information content (AvgIpc) is 2.71. The van der Waals surface area contributed by atoms with Crippen molar-refractivity contribution >= 4 is 34.5 Å². The third-order valence-corrected chi connectivity index (χ3v) is 2.80. The first kappa shape index (κ1) is 10.1. The van der Waals surface area contributed by atoms with Crippen molar-refractivity contribution in [3.8, 4) is 0 Å². The van der Waals surface area contributed by atoms with Gasteiger partial charge in [0.1, 0.15) is 0 Å². The molecule has 1 amide bonds. The zero-order valence-electron chi connectivity index (χ0n) is 7.61. The average molecular weight is 239 g/mol. The number of rotatable bonds is 2. The van der Waals surface area contributed by atoms with Gasteiger partial charge in [-0.2, -0.15) is 11.3 Å². The molecule has 3 nitrogen and oxygen atoms in total. The van der Waals surface area contributed by atoms with Crippen LogP contribution in [0.2, 0.25) is 5.02 Å². The lowest BCUT2D eigenvalue weighted by atomic mass is 10.2. The van der Waals surface area contributed by atoms with E-state index in [0.717, 1.165) is 5.69 Å². The van der Waals surface area contributed by atoms with Crippen LogP contribution < -0.4 is 5.32 Å². The van der Waals surface area contributed by atoms with E-state index in [1.165, 1.54) is 17.5 Å². The Labute approximate surface area is 95.7 Å². The Morgan fingerprint density at radius 1 is 1.47 bits per heavy atom. The lowest BCUT2D eigenvalue weighted by Gasteiger charge is -2.03. The van der Waals surface area contributed by atoms with Crippen LogP contribution in [0.5, 0.6) is 0 Å². The molecule has 0 radical (unpaired) electrons. The molecular formula is C10H7ClN2OS. The van der Waals surface area contributed by atoms with Gasteiger partial charge in [-0.1, -0.05) is 11.6 Å². The lowest BCUT2D eigenvalue weighted by Crippen LogP contribution is -2.12. The summed E-state index contributed by atoms with van der Waals surface area (Å²) < 4.78 is 0. The van der Waals surface area contributed by atoms with Crippen molar-refractivity contribution in [3.63, 3.8) is 0 Å². The fourth-order valence-corrected chi connectivity index (χ4v) is 1.86. The van der Waals surface area contributed by atoms with Crippen molar-refractivity contribution in [1.82, 2.24) is 4.98 Å². The molecule has 0 aliphatic heterocycles. The molecule has 15 heavy (non-hydrogen) atoms. The summed E-state index contributed by atoms with van der Waals surface area (Å²) in [6.45, 7) is 0. The standard InChI is InChI=1S/C10H7ClN2OS/c11-9-1-3-12-5-8(9)10(14)13-7-2-4-15-6-7/h1-6H,(H,13,14).